The van der Waals surface area contributed by atoms with Crippen molar-refractivity contribution in [2.45, 2.75) is 25.2 Å². The lowest BCUT2D eigenvalue weighted by Crippen LogP contribution is -2.00. The number of hydrogen-bond acceptors (Lipinski definition) is 6. The summed E-state index contributed by atoms with van der Waals surface area (Å²) in [6, 6.07) is 7.81. The van der Waals surface area contributed by atoms with Crippen molar-refractivity contribution in [3.8, 4) is 22.7 Å². The van der Waals surface area contributed by atoms with Crippen molar-refractivity contribution in [3.63, 3.8) is 0 Å². The number of hydrogen-bond donors (Lipinski definition) is 1. The summed E-state index contributed by atoms with van der Waals surface area (Å²) in [7, 11) is 0. The standard InChI is InChI=1S/C16H13F2N5O/c17-13(18)15-23-22-14(24-15)11-7-20-16(19)21-12(11)10-4-2-1-3-9(10)8-5-6-8/h1-4,7-8,13H,5-6H2,(H2,19,20,21). The zero-order chi connectivity index (χ0) is 16.7. The van der Waals surface area contributed by atoms with E-state index >= 15 is 0 Å². The van der Waals surface area contributed by atoms with E-state index in [1.54, 1.807) is 0 Å². The highest BCUT2D eigenvalue weighted by atomic mass is 19.3. The topological polar surface area (TPSA) is 90.7 Å². The van der Waals surface area contributed by atoms with Crippen LogP contribution in [0.4, 0.5) is 14.7 Å². The number of rotatable bonds is 4. The molecule has 4 rings (SSSR count). The van der Waals surface area contributed by atoms with E-state index in [0.717, 1.165) is 24.0 Å². The minimum Gasteiger partial charge on any atom is -0.415 e. The van der Waals surface area contributed by atoms with Gasteiger partial charge in [0.1, 0.15) is 0 Å². The second kappa shape index (κ2) is 5.63. The Morgan fingerprint density at radius 3 is 2.62 bits per heavy atom. The molecule has 1 fully saturated rings. The highest BCUT2D eigenvalue weighted by Gasteiger charge is 2.28. The summed E-state index contributed by atoms with van der Waals surface area (Å²) in [5.41, 5.74) is 8.64. The Morgan fingerprint density at radius 1 is 1.12 bits per heavy atom. The molecular weight excluding hydrogens is 316 g/mol. The van der Waals surface area contributed by atoms with Crippen LogP contribution in [0.5, 0.6) is 0 Å². The first-order chi connectivity index (χ1) is 11.6. The highest BCUT2D eigenvalue weighted by Crippen LogP contribution is 2.45. The van der Waals surface area contributed by atoms with Gasteiger partial charge in [0.05, 0.1) is 11.3 Å². The molecular formula is C16H13F2N5O. The van der Waals surface area contributed by atoms with E-state index in [2.05, 4.69) is 20.2 Å². The zero-order valence-corrected chi connectivity index (χ0v) is 12.5. The van der Waals surface area contributed by atoms with Gasteiger partial charge in [0, 0.05) is 11.8 Å². The Labute approximate surface area is 135 Å². The van der Waals surface area contributed by atoms with Gasteiger partial charge >= 0.3 is 6.43 Å². The predicted octanol–water partition coefficient (Wildman–Crippen LogP) is 3.59. The van der Waals surface area contributed by atoms with Crippen molar-refractivity contribution < 1.29 is 13.2 Å². The lowest BCUT2D eigenvalue weighted by atomic mass is 9.98. The normalized spacial score (nSPS) is 14.3. The van der Waals surface area contributed by atoms with Crippen molar-refractivity contribution in [2.75, 3.05) is 5.73 Å². The van der Waals surface area contributed by atoms with E-state index < -0.39 is 12.3 Å². The quantitative estimate of drug-likeness (QED) is 0.786. The number of nitrogen functional groups attached to an aromatic ring is 1. The molecule has 1 aliphatic rings. The molecule has 24 heavy (non-hydrogen) atoms. The van der Waals surface area contributed by atoms with Crippen molar-refractivity contribution >= 4 is 5.95 Å². The predicted molar refractivity (Wildman–Crippen MR) is 82.1 cm³/mol. The van der Waals surface area contributed by atoms with E-state index in [-0.39, 0.29) is 11.8 Å². The van der Waals surface area contributed by atoms with Crippen molar-refractivity contribution in [1.82, 2.24) is 20.2 Å². The molecule has 1 saturated carbocycles. The molecule has 0 radical (unpaired) electrons. The van der Waals surface area contributed by atoms with Gasteiger partial charge in [-0.15, -0.1) is 10.2 Å². The second-order valence-electron chi connectivity index (χ2n) is 5.60. The SMILES string of the molecule is Nc1ncc(-c2nnc(C(F)F)o2)c(-c2ccccc2C2CC2)n1. The van der Waals surface area contributed by atoms with Gasteiger partial charge < -0.3 is 10.2 Å². The van der Waals surface area contributed by atoms with Crippen LogP contribution in [0.15, 0.2) is 34.9 Å². The molecule has 0 unspecified atom stereocenters. The summed E-state index contributed by atoms with van der Waals surface area (Å²) in [6.45, 7) is 0. The number of aromatic nitrogens is 4. The van der Waals surface area contributed by atoms with Crippen LogP contribution < -0.4 is 5.73 Å². The van der Waals surface area contributed by atoms with Crippen molar-refractivity contribution in [1.29, 1.82) is 0 Å². The van der Waals surface area contributed by atoms with Crippen LogP contribution in [0, 0.1) is 0 Å². The molecule has 3 aromatic rings. The summed E-state index contributed by atoms with van der Waals surface area (Å²) in [5, 5.41) is 7.06. The van der Waals surface area contributed by atoms with Gasteiger partial charge in [0.2, 0.25) is 5.95 Å². The maximum absolute atomic E-state index is 12.7. The Bertz CT molecular complexity index is 892. The molecule has 6 nitrogen and oxygen atoms in total. The van der Waals surface area contributed by atoms with Gasteiger partial charge in [-0.05, 0) is 24.3 Å². The monoisotopic (exact) mass is 329 g/mol. The first kappa shape index (κ1) is 14.7. The third kappa shape index (κ3) is 2.60. The fourth-order valence-corrected chi connectivity index (χ4v) is 2.65. The van der Waals surface area contributed by atoms with Gasteiger partial charge in [0.15, 0.2) is 0 Å². The van der Waals surface area contributed by atoms with E-state index in [1.807, 2.05) is 24.3 Å². The summed E-state index contributed by atoms with van der Waals surface area (Å²) >= 11 is 0. The van der Waals surface area contributed by atoms with Crippen LogP contribution in [0.25, 0.3) is 22.7 Å². The van der Waals surface area contributed by atoms with Crippen LogP contribution in [0.3, 0.4) is 0 Å². The van der Waals surface area contributed by atoms with Crippen molar-refractivity contribution in [2.24, 2.45) is 0 Å². The minimum absolute atomic E-state index is 0.0501. The van der Waals surface area contributed by atoms with E-state index in [9.17, 15) is 8.78 Å². The van der Waals surface area contributed by atoms with Gasteiger partial charge in [-0.1, -0.05) is 24.3 Å². The van der Waals surface area contributed by atoms with Crippen LogP contribution in [0.2, 0.25) is 0 Å². The fourth-order valence-electron chi connectivity index (χ4n) is 2.65. The Hall–Kier alpha value is -2.90. The van der Waals surface area contributed by atoms with E-state index in [0.29, 0.717) is 17.2 Å². The van der Waals surface area contributed by atoms with Crippen LogP contribution in [0.1, 0.15) is 36.6 Å². The van der Waals surface area contributed by atoms with Crippen LogP contribution in [-0.4, -0.2) is 20.2 Å². The third-order valence-electron chi connectivity index (χ3n) is 3.90. The number of nitrogens with two attached hydrogens (primary N) is 1. The molecule has 8 heteroatoms. The average Bonchev–Trinajstić information content (AvgIpc) is 3.31. The summed E-state index contributed by atoms with van der Waals surface area (Å²) in [6.07, 6.45) is 0.819. The molecule has 2 heterocycles. The molecule has 2 N–H and O–H groups in total. The fraction of sp³-hybridized carbons (Fsp3) is 0.250. The second-order valence-corrected chi connectivity index (χ2v) is 5.60. The summed E-state index contributed by atoms with van der Waals surface area (Å²) < 4.78 is 30.5. The molecule has 0 saturated heterocycles. The maximum Gasteiger partial charge on any atom is 0.314 e. The molecule has 0 atom stereocenters. The maximum atomic E-state index is 12.7. The smallest absolute Gasteiger partial charge is 0.314 e. The average molecular weight is 329 g/mol. The lowest BCUT2D eigenvalue weighted by molar-refractivity contribution is 0.116. The van der Waals surface area contributed by atoms with Gasteiger partial charge in [-0.2, -0.15) is 8.78 Å². The molecule has 1 aromatic carbocycles. The van der Waals surface area contributed by atoms with E-state index in [4.69, 9.17) is 10.2 Å². The number of nitrogens with zero attached hydrogens (tertiary/aromatic N) is 4. The lowest BCUT2D eigenvalue weighted by Gasteiger charge is -2.11. The molecule has 122 valence electrons. The summed E-state index contributed by atoms with van der Waals surface area (Å²) in [4.78, 5) is 8.23. The first-order valence-electron chi connectivity index (χ1n) is 7.47. The number of benzene rings is 1. The molecule has 0 spiro atoms. The number of halogens is 2. The molecule has 0 aliphatic heterocycles. The molecule has 0 amide bonds. The Morgan fingerprint density at radius 2 is 1.92 bits per heavy atom. The molecule has 2 aromatic heterocycles. The van der Waals surface area contributed by atoms with Crippen LogP contribution >= 0.6 is 0 Å². The molecule has 0 bridgehead atoms. The Kier molecular flexibility index (Phi) is 3.44. The van der Waals surface area contributed by atoms with Crippen LogP contribution in [-0.2, 0) is 0 Å². The third-order valence-corrected chi connectivity index (χ3v) is 3.90. The number of alkyl halides is 2. The first-order valence-corrected chi connectivity index (χ1v) is 7.47. The Balaban J connectivity index is 1.88. The van der Waals surface area contributed by atoms with Gasteiger partial charge in [0.25, 0.3) is 11.8 Å². The minimum atomic E-state index is -2.83. The molecule has 1 aliphatic carbocycles. The summed E-state index contributed by atoms with van der Waals surface area (Å²) in [5.74, 6) is -0.216. The van der Waals surface area contributed by atoms with Gasteiger partial charge in [-0.25, -0.2) is 9.97 Å². The largest absolute Gasteiger partial charge is 0.415 e. The van der Waals surface area contributed by atoms with Gasteiger partial charge in [-0.3, -0.25) is 0 Å². The zero-order valence-electron chi connectivity index (χ0n) is 12.5. The number of anilines is 1. The van der Waals surface area contributed by atoms with Crippen molar-refractivity contribution in [3.05, 3.63) is 41.9 Å². The van der Waals surface area contributed by atoms with E-state index in [1.165, 1.54) is 6.20 Å². The highest BCUT2D eigenvalue weighted by molar-refractivity contribution is 5.79.